The minimum atomic E-state index is -4.24. The van der Waals surface area contributed by atoms with Gasteiger partial charge in [0.25, 0.3) is 15.6 Å². The molecule has 5 rings (SSSR count). The molecule has 42 heavy (non-hydrogen) atoms. The summed E-state index contributed by atoms with van der Waals surface area (Å²) in [5.74, 6) is -0.523. The van der Waals surface area contributed by atoms with Crippen molar-refractivity contribution in [2.75, 3.05) is 44.2 Å². The summed E-state index contributed by atoms with van der Waals surface area (Å²) >= 11 is 6.02. The van der Waals surface area contributed by atoms with E-state index < -0.39 is 15.8 Å². The van der Waals surface area contributed by atoms with Crippen LogP contribution in [0, 0.1) is 5.82 Å². The lowest BCUT2D eigenvalue weighted by atomic mass is 10.1. The highest BCUT2D eigenvalue weighted by molar-refractivity contribution is 7.92. The predicted molar refractivity (Wildman–Crippen MR) is 155 cm³/mol. The Morgan fingerprint density at radius 1 is 1.10 bits per heavy atom. The van der Waals surface area contributed by atoms with Gasteiger partial charge in [-0.05, 0) is 50.2 Å². The predicted octanol–water partition coefficient (Wildman–Crippen LogP) is 3.85. The van der Waals surface area contributed by atoms with E-state index in [0.29, 0.717) is 43.1 Å². The second-order valence-corrected chi connectivity index (χ2v) is 11.9. The smallest absolute Gasteiger partial charge is 0.300 e. The number of hydrogen-bond donors (Lipinski definition) is 1. The molecule has 222 valence electrons. The van der Waals surface area contributed by atoms with Crippen LogP contribution in [0.3, 0.4) is 0 Å². The Balaban J connectivity index is 1.45. The Labute approximate surface area is 246 Å². The largest absolute Gasteiger partial charge is 0.485 e. The number of anilines is 1. The zero-order valence-electron chi connectivity index (χ0n) is 22.9. The van der Waals surface area contributed by atoms with Crippen molar-refractivity contribution in [3.05, 3.63) is 76.2 Å². The molecule has 0 atom stereocenters. The number of fused-ring (bicyclic) bond motifs is 1. The fraction of sp³-hybridized carbons (Fsp3) is 0.321. The third-order valence-electron chi connectivity index (χ3n) is 6.40. The van der Waals surface area contributed by atoms with E-state index in [1.807, 2.05) is 0 Å². The van der Waals surface area contributed by atoms with E-state index in [4.69, 9.17) is 25.8 Å². The Hall–Kier alpha value is -3.78. The Kier molecular flexibility index (Phi) is 8.92. The number of hydrogen-bond acceptors (Lipinski definition) is 9. The van der Waals surface area contributed by atoms with Crippen molar-refractivity contribution in [3.63, 3.8) is 0 Å². The first-order valence-electron chi connectivity index (χ1n) is 13.2. The Bertz CT molecular complexity index is 1760. The summed E-state index contributed by atoms with van der Waals surface area (Å²) in [6, 6.07) is 7.91. The Morgan fingerprint density at radius 3 is 2.62 bits per heavy atom. The first kappa shape index (κ1) is 29.7. The number of benzene rings is 1. The van der Waals surface area contributed by atoms with Crippen molar-refractivity contribution in [3.8, 4) is 22.8 Å². The quantitative estimate of drug-likeness (QED) is 0.283. The van der Waals surface area contributed by atoms with Crippen LogP contribution in [0.2, 0.25) is 5.02 Å². The number of rotatable bonds is 10. The monoisotopic (exact) mass is 617 g/mol. The van der Waals surface area contributed by atoms with Crippen molar-refractivity contribution in [1.82, 2.24) is 19.3 Å². The molecule has 0 spiro atoms. The Morgan fingerprint density at radius 2 is 1.88 bits per heavy atom. The van der Waals surface area contributed by atoms with Crippen molar-refractivity contribution in [1.29, 1.82) is 0 Å². The van der Waals surface area contributed by atoms with Crippen molar-refractivity contribution >= 4 is 33.0 Å². The molecule has 1 aliphatic rings. The van der Waals surface area contributed by atoms with E-state index >= 15 is 0 Å². The third-order valence-corrected chi connectivity index (χ3v) is 8.25. The van der Waals surface area contributed by atoms with E-state index in [-0.39, 0.29) is 38.9 Å². The van der Waals surface area contributed by atoms with Crippen LogP contribution in [0.1, 0.15) is 13.8 Å². The van der Waals surface area contributed by atoms with Gasteiger partial charge in [0.05, 0.1) is 30.5 Å². The van der Waals surface area contributed by atoms with Gasteiger partial charge in [0, 0.05) is 43.2 Å². The van der Waals surface area contributed by atoms with Gasteiger partial charge in [0.2, 0.25) is 11.6 Å². The SMILES string of the molecule is CC(C)Oc1ncc(-c2ccc3ncc(OCCN4CCOCC4)c(=O)n3c2)cc1NS(=O)(=O)c1ccc(F)cc1Cl. The molecule has 1 N–H and O–H groups in total. The van der Waals surface area contributed by atoms with Gasteiger partial charge in [0.15, 0.2) is 0 Å². The van der Waals surface area contributed by atoms with Crippen LogP contribution >= 0.6 is 11.6 Å². The molecular formula is C28H29ClFN5O6S. The zero-order valence-corrected chi connectivity index (χ0v) is 24.5. The van der Waals surface area contributed by atoms with Gasteiger partial charge in [-0.1, -0.05) is 11.6 Å². The summed E-state index contributed by atoms with van der Waals surface area (Å²) in [7, 11) is -4.24. The van der Waals surface area contributed by atoms with Crippen molar-refractivity contribution in [2.45, 2.75) is 24.8 Å². The maximum absolute atomic E-state index is 13.5. The van der Waals surface area contributed by atoms with Gasteiger partial charge in [0.1, 0.15) is 28.7 Å². The molecular weight excluding hydrogens is 589 g/mol. The van der Waals surface area contributed by atoms with Crippen LogP contribution in [0.5, 0.6) is 11.6 Å². The molecule has 0 saturated carbocycles. The summed E-state index contributed by atoms with van der Waals surface area (Å²) in [4.78, 5) is 23.8. The van der Waals surface area contributed by atoms with Crippen molar-refractivity contribution in [2.24, 2.45) is 0 Å². The molecule has 1 fully saturated rings. The first-order chi connectivity index (χ1) is 20.1. The van der Waals surface area contributed by atoms with Crippen LogP contribution in [-0.2, 0) is 14.8 Å². The second-order valence-electron chi connectivity index (χ2n) is 9.80. The summed E-state index contributed by atoms with van der Waals surface area (Å²) in [5.41, 5.74) is 1.10. The molecule has 3 aromatic heterocycles. The number of halogens is 2. The maximum atomic E-state index is 13.5. The molecule has 0 unspecified atom stereocenters. The molecule has 0 amide bonds. The molecule has 4 aromatic rings. The van der Waals surface area contributed by atoms with Crippen LogP contribution < -0.4 is 19.8 Å². The fourth-order valence-electron chi connectivity index (χ4n) is 4.33. The van der Waals surface area contributed by atoms with Gasteiger partial charge in [-0.15, -0.1) is 0 Å². The molecule has 1 aliphatic heterocycles. The highest BCUT2D eigenvalue weighted by Gasteiger charge is 2.22. The van der Waals surface area contributed by atoms with Crippen LogP contribution in [0.25, 0.3) is 16.8 Å². The second kappa shape index (κ2) is 12.6. The average Bonchev–Trinajstić information content (AvgIpc) is 2.95. The maximum Gasteiger partial charge on any atom is 0.300 e. The minimum absolute atomic E-state index is 0.0335. The lowest BCUT2D eigenvalue weighted by Crippen LogP contribution is -2.38. The standard InChI is InChI=1S/C28H29ClFN5O6S/c1-18(2)41-27-23(33-42(37,38)25-5-4-21(30)14-22(25)29)13-20(15-32-27)19-3-6-26-31-16-24(28(36)35(26)17-19)40-12-9-34-7-10-39-11-8-34/h3-6,13-18,33H,7-12H2,1-2H3. The normalized spacial score (nSPS) is 14.3. The van der Waals surface area contributed by atoms with Gasteiger partial charge >= 0.3 is 0 Å². The van der Waals surface area contributed by atoms with Gasteiger partial charge in [-0.2, -0.15) is 0 Å². The molecule has 0 aliphatic carbocycles. The summed E-state index contributed by atoms with van der Waals surface area (Å²) in [5, 5.41) is -0.276. The molecule has 0 bridgehead atoms. The number of morpholine rings is 1. The zero-order chi connectivity index (χ0) is 29.9. The molecule has 1 saturated heterocycles. The van der Waals surface area contributed by atoms with Gasteiger partial charge < -0.3 is 14.2 Å². The highest BCUT2D eigenvalue weighted by atomic mass is 35.5. The first-order valence-corrected chi connectivity index (χ1v) is 15.1. The van der Waals surface area contributed by atoms with Gasteiger partial charge in [-0.25, -0.2) is 22.8 Å². The minimum Gasteiger partial charge on any atom is -0.485 e. The molecule has 4 heterocycles. The molecule has 14 heteroatoms. The summed E-state index contributed by atoms with van der Waals surface area (Å²) < 4.78 is 60.6. The number of aromatic nitrogens is 3. The summed E-state index contributed by atoms with van der Waals surface area (Å²) in [6.07, 6.45) is 4.18. The van der Waals surface area contributed by atoms with E-state index in [1.165, 1.54) is 22.9 Å². The number of nitrogens with one attached hydrogen (secondary N) is 1. The van der Waals surface area contributed by atoms with Gasteiger partial charge in [-0.3, -0.25) is 18.8 Å². The lowest BCUT2D eigenvalue weighted by Gasteiger charge is -2.26. The molecule has 11 nitrogen and oxygen atoms in total. The van der Waals surface area contributed by atoms with Crippen LogP contribution in [-0.4, -0.2) is 73.2 Å². The average molecular weight is 618 g/mol. The van der Waals surface area contributed by atoms with E-state index in [0.717, 1.165) is 31.3 Å². The number of nitrogens with zero attached hydrogens (tertiary/aromatic N) is 4. The number of pyridine rings is 2. The van der Waals surface area contributed by atoms with Crippen molar-refractivity contribution < 1.29 is 27.0 Å². The topological polar surface area (TPSA) is 124 Å². The van der Waals surface area contributed by atoms with E-state index in [9.17, 15) is 17.6 Å². The number of sulfonamides is 1. The van der Waals surface area contributed by atoms with E-state index in [2.05, 4.69) is 19.6 Å². The highest BCUT2D eigenvalue weighted by Crippen LogP contribution is 2.32. The van der Waals surface area contributed by atoms with Crippen LogP contribution in [0.15, 0.2) is 64.7 Å². The van der Waals surface area contributed by atoms with E-state index in [1.54, 1.807) is 32.2 Å². The third kappa shape index (κ3) is 6.81. The fourth-order valence-corrected chi connectivity index (χ4v) is 5.91. The lowest BCUT2D eigenvalue weighted by molar-refractivity contribution is 0.0321. The van der Waals surface area contributed by atoms with Crippen LogP contribution in [0.4, 0.5) is 10.1 Å². The summed E-state index contributed by atoms with van der Waals surface area (Å²) in [6.45, 7) is 7.49. The number of ether oxygens (including phenoxy) is 3. The molecule has 0 radical (unpaired) electrons. The molecule has 1 aromatic carbocycles.